The van der Waals surface area contributed by atoms with E-state index in [1.807, 2.05) is 0 Å². The second-order valence-corrected chi connectivity index (χ2v) is 3.75. The van der Waals surface area contributed by atoms with Crippen molar-refractivity contribution < 1.29 is 22.7 Å². The molecular formula is C10H10F3NO2. The molecule has 3 nitrogen and oxygen atoms in total. The van der Waals surface area contributed by atoms with Gasteiger partial charge in [0.1, 0.15) is 5.69 Å². The van der Waals surface area contributed by atoms with Gasteiger partial charge in [-0.3, -0.25) is 0 Å². The van der Waals surface area contributed by atoms with Gasteiger partial charge in [0, 0.05) is 5.69 Å². The maximum absolute atomic E-state index is 12.6. The molecular weight excluding hydrogens is 223 g/mol. The number of rotatable bonds is 1. The zero-order chi connectivity index (χ0) is 11.9. The van der Waals surface area contributed by atoms with E-state index in [4.69, 9.17) is 0 Å². The fourth-order valence-electron chi connectivity index (χ4n) is 2.02. The fraction of sp³-hybridized carbons (Fsp3) is 0.500. The maximum Gasteiger partial charge on any atom is 0.397 e. The average molecular weight is 233 g/mol. The highest BCUT2D eigenvalue weighted by Crippen LogP contribution is 2.44. The molecule has 1 aliphatic rings. The van der Waals surface area contributed by atoms with Crippen LogP contribution in [0.15, 0.2) is 6.07 Å². The summed E-state index contributed by atoms with van der Waals surface area (Å²) in [5, 5.41) is 0. The molecule has 0 saturated carbocycles. The third-order valence-corrected chi connectivity index (χ3v) is 2.79. The summed E-state index contributed by atoms with van der Waals surface area (Å²) in [5.74, 6) is -2.13. The van der Waals surface area contributed by atoms with E-state index in [1.165, 1.54) is 13.2 Å². The molecule has 0 saturated heterocycles. The summed E-state index contributed by atoms with van der Waals surface area (Å²) in [6.07, 6.45) is -3.87. The van der Waals surface area contributed by atoms with Gasteiger partial charge in [0.2, 0.25) is 0 Å². The van der Waals surface area contributed by atoms with Crippen molar-refractivity contribution in [3.63, 3.8) is 0 Å². The minimum absolute atomic E-state index is 0.0477. The number of methoxy groups -OCH3 is 1. The number of carbonyl (C=O) groups is 1. The lowest BCUT2D eigenvalue weighted by molar-refractivity contribution is -0.150. The number of hydrogen-bond acceptors (Lipinski definition) is 2. The lowest BCUT2D eigenvalue weighted by Crippen LogP contribution is -2.19. The van der Waals surface area contributed by atoms with Crippen molar-refractivity contribution in [2.75, 3.05) is 7.11 Å². The SMILES string of the molecule is COC(=O)c1cc2c([nH]1)C(C(F)(F)F)CC2. The van der Waals surface area contributed by atoms with Gasteiger partial charge in [-0.2, -0.15) is 13.2 Å². The number of carbonyl (C=O) groups excluding carboxylic acids is 1. The normalized spacial score (nSPS) is 19.6. The number of hydrogen-bond donors (Lipinski definition) is 1. The van der Waals surface area contributed by atoms with E-state index >= 15 is 0 Å². The topological polar surface area (TPSA) is 42.1 Å². The highest BCUT2D eigenvalue weighted by atomic mass is 19.4. The lowest BCUT2D eigenvalue weighted by Gasteiger charge is -2.14. The first-order valence-corrected chi connectivity index (χ1v) is 4.80. The van der Waals surface area contributed by atoms with Crippen LogP contribution < -0.4 is 0 Å². The molecule has 16 heavy (non-hydrogen) atoms. The van der Waals surface area contributed by atoms with Crippen molar-refractivity contribution >= 4 is 5.97 Å². The van der Waals surface area contributed by atoms with Crippen LogP contribution in [0.4, 0.5) is 13.2 Å². The van der Waals surface area contributed by atoms with Crippen molar-refractivity contribution in [2.24, 2.45) is 0 Å². The first kappa shape index (κ1) is 11.0. The number of esters is 1. The number of aromatic amines is 1. The molecule has 0 aliphatic heterocycles. The van der Waals surface area contributed by atoms with E-state index in [9.17, 15) is 18.0 Å². The van der Waals surface area contributed by atoms with E-state index in [2.05, 4.69) is 9.72 Å². The van der Waals surface area contributed by atoms with Crippen LogP contribution >= 0.6 is 0 Å². The van der Waals surface area contributed by atoms with Gasteiger partial charge in [0.25, 0.3) is 0 Å². The number of H-pyrrole nitrogens is 1. The molecule has 1 aromatic heterocycles. The average Bonchev–Trinajstić information content (AvgIpc) is 2.72. The van der Waals surface area contributed by atoms with Gasteiger partial charge >= 0.3 is 12.1 Å². The first-order chi connectivity index (χ1) is 7.43. The van der Waals surface area contributed by atoms with Crippen LogP contribution in [0, 0.1) is 0 Å². The predicted molar refractivity (Wildman–Crippen MR) is 49.2 cm³/mol. The highest BCUT2D eigenvalue weighted by molar-refractivity contribution is 5.87. The van der Waals surface area contributed by atoms with E-state index < -0.39 is 18.1 Å². The van der Waals surface area contributed by atoms with Crippen molar-refractivity contribution in [3.05, 3.63) is 23.0 Å². The Morgan fingerprint density at radius 1 is 1.56 bits per heavy atom. The molecule has 1 heterocycles. The summed E-state index contributed by atoms with van der Waals surface area (Å²) < 4.78 is 42.2. The second kappa shape index (κ2) is 3.54. The number of nitrogens with one attached hydrogen (secondary N) is 1. The van der Waals surface area contributed by atoms with Gasteiger partial charge in [-0.15, -0.1) is 0 Å². The predicted octanol–water partition coefficient (Wildman–Crippen LogP) is 2.39. The van der Waals surface area contributed by atoms with Crippen LogP contribution in [0.25, 0.3) is 0 Å². The van der Waals surface area contributed by atoms with Gasteiger partial charge in [-0.1, -0.05) is 0 Å². The largest absolute Gasteiger partial charge is 0.464 e. The van der Waals surface area contributed by atoms with Crippen LogP contribution in [0.3, 0.4) is 0 Å². The molecule has 2 rings (SSSR count). The summed E-state index contributed by atoms with van der Waals surface area (Å²) in [5.41, 5.74) is 0.747. The maximum atomic E-state index is 12.6. The lowest BCUT2D eigenvalue weighted by atomic mass is 10.1. The summed E-state index contributed by atoms with van der Waals surface area (Å²) in [6, 6.07) is 1.44. The molecule has 1 unspecified atom stereocenters. The number of aromatic nitrogens is 1. The Kier molecular flexibility index (Phi) is 2.44. The first-order valence-electron chi connectivity index (χ1n) is 4.80. The summed E-state index contributed by atoms with van der Waals surface area (Å²) in [7, 11) is 1.19. The zero-order valence-electron chi connectivity index (χ0n) is 8.52. The zero-order valence-corrected chi connectivity index (χ0v) is 8.52. The number of ether oxygens (including phenoxy) is 1. The number of alkyl halides is 3. The molecule has 88 valence electrons. The number of aryl methyl sites for hydroxylation is 1. The Morgan fingerprint density at radius 3 is 2.81 bits per heavy atom. The van der Waals surface area contributed by atoms with Gasteiger partial charge in [0.15, 0.2) is 0 Å². The summed E-state index contributed by atoms with van der Waals surface area (Å²) >= 11 is 0. The molecule has 0 amide bonds. The standard InChI is InChI=1S/C10H10F3NO2/c1-16-9(15)7-4-5-2-3-6(8(5)14-7)10(11,12)13/h4,6,14H,2-3H2,1H3. The van der Waals surface area contributed by atoms with E-state index in [0.717, 1.165) is 0 Å². The third kappa shape index (κ3) is 1.68. The third-order valence-electron chi connectivity index (χ3n) is 2.79. The highest BCUT2D eigenvalue weighted by Gasteiger charge is 2.45. The van der Waals surface area contributed by atoms with Gasteiger partial charge in [-0.05, 0) is 24.5 Å². The van der Waals surface area contributed by atoms with Gasteiger partial charge in [-0.25, -0.2) is 4.79 Å². The van der Waals surface area contributed by atoms with Crippen molar-refractivity contribution in [1.29, 1.82) is 0 Å². The monoisotopic (exact) mass is 233 g/mol. The molecule has 1 aliphatic carbocycles. The van der Waals surface area contributed by atoms with Gasteiger partial charge in [0.05, 0.1) is 13.0 Å². The Labute approximate surface area is 89.6 Å². The Hall–Kier alpha value is -1.46. The minimum atomic E-state index is -4.26. The van der Waals surface area contributed by atoms with Gasteiger partial charge < -0.3 is 9.72 Å². The van der Waals surface area contributed by atoms with Crippen LogP contribution in [0.1, 0.15) is 34.1 Å². The molecule has 6 heteroatoms. The van der Waals surface area contributed by atoms with Crippen LogP contribution in [-0.4, -0.2) is 24.2 Å². The Balaban J connectivity index is 2.33. The molecule has 0 aromatic carbocycles. The van der Waals surface area contributed by atoms with Crippen molar-refractivity contribution in [3.8, 4) is 0 Å². The molecule has 1 N–H and O–H groups in total. The molecule has 0 fully saturated rings. The molecule has 0 bridgehead atoms. The Morgan fingerprint density at radius 2 is 2.25 bits per heavy atom. The van der Waals surface area contributed by atoms with Crippen molar-refractivity contribution in [2.45, 2.75) is 24.9 Å². The second-order valence-electron chi connectivity index (χ2n) is 3.75. The molecule has 1 aromatic rings. The summed E-state index contributed by atoms with van der Waals surface area (Å²) in [4.78, 5) is 13.6. The Bertz CT molecular complexity index is 422. The quantitative estimate of drug-likeness (QED) is 0.757. The fourth-order valence-corrected chi connectivity index (χ4v) is 2.02. The smallest absolute Gasteiger partial charge is 0.397 e. The molecule has 0 radical (unpaired) electrons. The van der Waals surface area contributed by atoms with Crippen molar-refractivity contribution in [1.82, 2.24) is 4.98 Å². The van der Waals surface area contributed by atoms with Crippen LogP contribution in [0.2, 0.25) is 0 Å². The summed E-state index contributed by atoms with van der Waals surface area (Å²) in [6.45, 7) is 0. The number of halogens is 3. The van der Waals surface area contributed by atoms with E-state index in [1.54, 1.807) is 0 Å². The molecule has 1 atom stereocenters. The van der Waals surface area contributed by atoms with Crippen LogP contribution in [-0.2, 0) is 11.2 Å². The van der Waals surface area contributed by atoms with Crippen LogP contribution in [0.5, 0.6) is 0 Å². The van der Waals surface area contributed by atoms with E-state index in [-0.39, 0.29) is 17.8 Å². The minimum Gasteiger partial charge on any atom is -0.464 e. The molecule has 0 spiro atoms. The number of fused-ring (bicyclic) bond motifs is 1. The van der Waals surface area contributed by atoms with E-state index in [0.29, 0.717) is 12.0 Å².